The van der Waals surface area contributed by atoms with E-state index in [4.69, 9.17) is 0 Å². The average Bonchev–Trinajstić information content (AvgIpc) is 3.22. The van der Waals surface area contributed by atoms with Crippen molar-refractivity contribution in [3.8, 4) is 0 Å². The second kappa shape index (κ2) is 48.5. The number of carbonyl (C=O) groups is 1. The number of aliphatic hydroxyl groups is 2. The molecule has 0 fully saturated rings. The van der Waals surface area contributed by atoms with Gasteiger partial charge in [-0.15, -0.1) is 0 Å². The van der Waals surface area contributed by atoms with E-state index in [1.165, 1.54) is 180 Å². The highest BCUT2D eigenvalue weighted by Crippen LogP contribution is 2.16. The molecule has 2 atom stereocenters. The molecular weight excluding hydrogens is 699 g/mol. The largest absolute Gasteiger partial charge is 0.394 e. The lowest BCUT2D eigenvalue weighted by Gasteiger charge is -2.20. The van der Waals surface area contributed by atoms with Crippen LogP contribution in [0.25, 0.3) is 0 Å². The molecule has 4 nitrogen and oxygen atoms in total. The van der Waals surface area contributed by atoms with E-state index in [2.05, 4.69) is 67.8 Å². The summed E-state index contributed by atoms with van der Waals surface area (Å²) in [6.45, 7) is 4.19. The van der Waals surface area contributed by atoms with E-state index in [9.17, 15) is 15.0 Å². The van der Waals surface area contributed by atoms with Crippen LogP contribution in [0.15, 0.2) is 60.8 Å². The van der Waals surface area contributed by atoms with Gasteiger partial charge in [0.25, 0.3) is 0 Å². The van der Waals surface area contributed by atoms with Crippen molar-refractivity contribution in [2.45, 2.75) is 264 Å². The van der Waals surface area contributed by atoms with Crippen LogP contribution in [0.2, 0.25) is 0 Å². The van der Waals surface area contributed by atoms with Gasteiger partial charge in [0, 0.05) is 6.42 Å². The number of hydrogen-bond acceptors (Lipinski definition) is 3. The van der Waals surface area contributed by atoms with Crippen molar-refractivity contribution < 1.29 is 15.0 Å². The second-order valence-electron chi connectivity index (χ2n) is 16.9. The number of amides is 1. The minimum Gasteiger partial charge on any atom is -0.394 e. The highest BCUT2D eigenvalue weighted by molar-refractivity contribution is 5.76. The summed E-state index contributed by atoms with van der Waals surface area (Å²) in [5.41, 5.74) is 0. The van der Waals surface area contributed by atoms with Gasteiger partial charge in [-0.25, -0.2) is 0 Å². The fourth-order valence-corrected chi connectivity index (χ4v) is 7.46. The van der Waals surface area contributed by atoms with Crippen LogP contribution in [0.4, 0.5) is 0 Å². The first-order valence-electron chi connectivity index (χ1n) is 25.0. The van der Waals surface area contributed by atoms with E-state index in [1.807, 2.05) is 6.08 Å². The van der Waals surface area contributed by atoms with Crippen molar-refractivity contribution in [3.05, 3.63) is 60.8 Å². The highest BCUT2D eigenvalue weighted by atomic mass is 16.3. The molecule has 57 heavy (non-hydrogen) atoms. The molecule has 0 rings (SSSR count). The molecule has 0 aromatic carbocycles. The van der Waals surface area contributed by atoms with Crippen molar-refractivity contribution in [1.82, 2.24) is 5.32 Å². The van der Waals surface area contributed by atoms with E-state index in [1.54, 1.807) is 6.08 Å². The molecule has 4 heteroatoms. The molecule has 0 saturated carbocycles. The molecule has 3 N–H and O–H groups in total. The van der Waals surface area contributed by atoms with Crippen LogP contribution in [-0.4, -0.2) is 34.9 Å². The Bertz CT molecular complexity index is 950. The molecule has 332 valence electrons. The maximum atomic E-state index is 12.4. The zero-order valence-electron chi connectivity index (χ0n) is 38.1. The van der Waals surface area contributed by atoms with Crippen LogP contribution < -0.4 is 5.32 Å². The summed E-state index contributed by atoms with van der Waals surface area (Å²) in [4.78, 5) is 12.4. The Morgan fingerprint density at radius 1 is 0.439 bits per heavy atom. The summed E-state index contributed by atoms with van der Waals surface area (Å²) in [7, 11) is 0. The third-order valence-corrected chi connectivity index (χ3v) is 11.3. The lowest BCUT2D eigenvalue weighted by molar-refractivity contribution is -0.123. The lowest BCUT2D eigenvalue weighted by Crippen LogP contribution is -2.45. The van der Waals surface area contributed by atoms with E-state index >= 15 is 0 Å². The Hall–Kier alpha value is -1.91. The predicted molar refractivity (Wildman–Crippen MR) is 253 cm³/mol. The van der Waals surface area contributed by atoms with E-state index < -0.39 is 12.1 Å². The second-order valence-corrected chi connectivity index (χ2v) is 16.9. The summed E-state index contributed by atoms with van der Waals surface area (Å²) in [6.07, 6.45) is 67.9. The summed E-state index contributed by atoms with van der Waals surface area (Å²) in [5, 5.41) is 23.0. The Labute approximate surface area is 356 Å². The standard InChI is InChI=1S/C53H97NO3/c1-3-5-7-9-11-13-15-17-18-19-20-21-22-23-24-25-26-27-28-29-30-31-32-33-34-35-36-37-39-41-43-45-47-49-53(57)54-51(50-55)52(56)48-46-44-42-40-38-16-14-12-10-8-6-4-2/h5,7,11,13,17-18,20-21,46,48,51-52,55-56H,3-4,6,8-10,12,14-16,19,22-45,47,49-50H2,1-2H3,(H,54,57)/b7-5-,13-11-,18-17-,21-20-,48-46+. The van der Waals surface area contributed by atoms with Gasteiger partial charge in [-0.2, -0.15) is 0 Å². The topological polar surface area (TPSA) is 69.6 Å². The normalized spacial score (nSPS) is 13.4. The Kier molecular flexibility index (Phi) is 46.8. The highest BCUT2D eigenvalue weighted by Gasteiger charge is 2.18. The first-order valence-corrected chi connectivity index (χ1v) is 25.0. The SMILES string of the molecule is CC/C=C\C/C=C\C/C=C\C/C=C\CCCCCCCCCCCCCCCCCCCCCCC(=O)NC(CO)C(O)/C=C/CCCCCCCCCCCC. The molecular formula is C53H97NO3. The van der Waals surface area contributed by atoms with Gasteiger partial charge in [0.15, 0.2) is 0 Å². The third kappa shape index (κ3) is 45.0. The van der Waals surface area contributed by atoms with Gasteiger partial charge in [-0.1, -0.05) is 248 Å². The van der Waals surface area contributed by atoms with Gasteiger partial charge < -0.3 is 15.5 Å². The van der Waals surface area contributed by atoms with Crippen molar-refractivity contribution in [3.63, 3.8) is 0 Å². The zero-order chi connectivity index (χ0) is 41.4. The molecule has 0 radical (unpaired) electrons. The minimum atomic E-state index is -0.837. The van der Waals surface area contributed by atoms with Crippen molar-refractivity contribution in [2.75, 3.05) is 6.61 Å². The van der Waals surface area contributed by atoms with Gasteiger partial charge in [0.2, 0.25) is 5.91 Å². The van der Waals surface area contributed by atoms with Crippen LogP contribution >= 0.6 is 0 Å². The molecule has 0 spiro atoms. The molecule has 0 aliphatic carbocycles. The fraction of sp³-hybridized carbons (Fsp3) is 0.792. The van der Waals surface area contributed by atoms with E-state index in [0.717, 1.165) is 51.4 Å². The molecule has 0 aliphatic heterocycles. The van der Waals surface area contributed by atoms with Gasteiger partial charge >= 0.3 is 0 Å². The van der Waals surface area contributed by atoms with Gasteiger partial charge in [0.05, 0.1) is 18.8 Å². The first-order chi connectivity index (χ1) is 28.2. The van der Waals surface area contributed by atoms with Gasteiger partial charge in [0.1, 0.15) is 0 Å². The summed E-state index contributed by atoms with van der Waals surface area (Å²) < 4.78 is 0. The van der Waals surface area contributed by atoms with E-state index in [0.29, 0.717) is 6.42 Å². The molecule has 0 aromatic rings. The number of hydrogen-bond donors (Lipinski definition) is 3. The van der Waals surface area contributed by atoms with Gasteiger partial charge in [-0.05, 0) is 57.8 Å². The molecule has 2 unspecified atom stereocenters. The molecule has 1 amide bonds. The van der Waals surface area contributed by atoms with Gasteiger partial charge in [-0.3, -0.25) is 4.79 Å². The lowest BCUT2D eigenvalue weighted by atomic mass is 10.0. The number of nitrogens with one attached hydrogen (secondary N) is 1. The van der Waals surface area contributed by atoms with Crippen LogP contribution in [0.1, 0.15) is 251 Å². The maximum absolute atomic E-state index is 12.4. The smallest absolute Gasteiger partial charge is 0.220 e. The molecule has 0 aromatic heterocycles. The van der Waals surface area contributed by atoms with Crippen molar-refractivity contribution in [1.29, 1.82) is 0 Å². The average molecular weight is 796 g/mol. The first kappa shape index (κ1) is 55.1. The van der Waals surface area contributed by atoms with Crippen molar-refractivity contribution >= 4 is 5.91 Å². The summed E-state index contributed by atoms with van der Waals surface area (Å²) in [6, 6.07) is -0.620. The molecule has 0 aliphatic rings. The number of unbranched alkanes of at least 4 members (excludes halogenated alkanes) is 30. The van der Waals surface area contributed by atoms with Crippen LogP contribution in [0.5, 0.6) is 0 Å². The quantitative estimate of drug-likeness (QED) is 0.0425. The molecule has 0 bridgehead atoms. The number of allylic oxidation sites excluding steroid dienone is 9. The minimum absolute atomic E-state index is 0.0634. The Morgan fingerprint density at radius 2 is 0.772 bits per heavy atom. The van der Waals surface area contributed by atoms with Crippen LogP contribution in [0.3, 0.4) is 0 Å². The predicted octanol–water partition coefficient (Wildman–Crippen LogP) is 16.1. The molecule has 0 heterocycles. The number of aliphatic hydroxyl groups excluding tert-OH is 2. The Morgan fingerprint density at radius 3 is 1.16 bits per heavy atom. The van der Waals surface area contributed by atoms with Crippen LogP contribution in [0, 0.1) is 0 Å². The van der Waals surface area contributed by atoms with Crippen LogP contribution in [-0.2, 0) is 4.79 Å². The zero-order valence-corrected chi connectivity index (χ0v) is 38.1. The third-order valence-electron chi connectivity index (χ3n) is 11.3. The fourth-order valence-electron chi connectivity index (χ4n) is 7.46. The monoisotopic (exact) mass is 796 g/mol. The number of carbonyl (C=O) groups excluding carboxylic acids is 1. The summed E-state index contributed by atoms with van der Waals surface area (Å²) in [5.74, 6) is -0.0634. The maximum Gasteiger partial charge on any atom is 0.220 e. The summed E-state index contributed by atoms with van der Waals surface area (Å²) >= 11 is 0. The number of rotatable bonds is 45. The Balaban J connectivity index is 3.44. The van der Waals surface area contributed by atoms with Crippen molar-refractivity contribution in [2.24, 2.45) is 0 Å². The van der Waals surface area contributed by atoms with E-state index in [-0.39, 0.29) is 12.5 Å². The molecule has 0 saturated heterocycles.